The Morgan fingerprint density at radius 1 is 1.00 bits per heavy atom. The number of ketones is 1. The number of rotatable bonds is 11. The zero-order valence-corrected chi connectivity index (χ0v) is 16.2. The lowest BCUT2D eigenvalue weighted by molar-refractivity contribution is 0.0978. The van der Waals surface area contributed by atoms with Gasteiger partial charge in [-0.2, -0.15) is 0 Å². The van der Waals surface area contributed by atoms with Crippen molar-refractivity contribution in [2.24, 2.45) is 0 Å². The second-order valence-electron chi connectivity index (χ2n) is 6.53. The second kappa shape index (κ2) is 10.4. The highest BCUT2D eigenvalue weighted by molar-refractivity contribution is 7.52. The molecule has 0 aliphatic heterocycles. The van der Waals surface area contributed by atoms with Crippen molar-refractivity contribution in [2.75, 3.05) is 12.8 Å². The molecule has 0 radical (unpaired) electrons. The number of Topliss-reactive ketones (excluding diaryl/α,β-unsaturated/α-hetero) is 1. The van der Waals surface area contributed by atoms with E-state index in [0.29, 0.717) is 31.2 Å². The van der Waals surface area contributed by atoms with Crippen LogP contribution >= 0.6 is 7.60 Å². The van der Waals surface area contributed by atoms with Crippen molar-refractivity contribution < 1.29 is 18.8 Å². The van der Waals surface area contributed by atoms with Crippen molar-refractivity contribution >= 4 is 13.4 Å². The zero-order valence-electron chi connectivity index (χ0n) is 15.3. The lowest BCUT2D eigenvalue weighted by Crippen LogP contribution is -2.02. The molecule has 2 aromatic rings. The maximum atomic E-state index is 12.0. The van der Waals surface area contributed by atoms with E-state index in [0.717, 1.165) is 17.5 Å². The van der Waals surface area contributed by atoms with E-state index in [9.17, 15) is 14.3 Å². The van der Waals surface area contributed by atoms with Gasteiger partial charge in [-0.15, -0.1) is 0 Å². The molecule has 26 heavy (non-hydrogen) atoms. The monoisotopic (exact) mass is 374 g/mol. The highest BCUT2D eigenvalue weighted by Gasteiger charge is 2.18. The van der Waals surface area contributed by atoms with Gasteiger partial charge in [0.15, 0.2) is 5.78 Å². The summed E-state index contributed by atoms with van der Waals surface area (Å²) < 4.78 is 17.2. The molecular formula is C21H27O4P. The number of carbonyl (C=O) groups excluding carboxylic acids is 1. The predicted octanol–water partition coefficient (Wildman–Crippen LogP) is 5.18. The second-order valence-corrected chi connectivity index (χ2v) is 8.51. The van der Waals surface area contributed by atoms with Crippen LogP contribution in [0.5, 0.6) is 0 Å². The van der Waals surface area contributed by atoms with E-state index in [2.05, 4.69) is 0 Å². The molecule has 0 spiro atoms. The van der Waals surface area contributed by atoms with Gasteiger partial charge in [-0.05, 0) is 38.2 Å². The molecule has 5 heteroatoms. The van der Waals surface area contributed by atoms with Crippen molar-refractivity contribution in [2.45, 2.75) is 39.0 Å². The highest BCUT2D eigenvalue weighted by Crippen LogP contribution is 2.42. The molecule has 1 unspecified atom stereocenters. The smallest absolute Gasteiger partial charge is 0.324 e. The van der Waals surface area contributed by atoms with E-state index in [1.54, 1.807) is 0 Å². The molecule has 0 heterocycles. The topological polar surface area (TPSA) is 63.6 Å². The molecule has 0 saturated heterocycles. The van der Waals surface area contributed by atoms with Gasteiger partial charge in [-0.1, -0.05) is 60.2 Å². The summed E-state index contributed by atoms with van der Waals surface area (Å²) in [5.41, 5.74) is 2.99. The largest absolute Gasteiger partial charge is 0.328 e. The lowest BCUT2D eigenvalue weighted by atomic mass is 10.0. The van der Waals surface area contributed by atoms with Gasteiger partial charge in [0.1, 0.15) is 0 Å². The third-order valence-electron chi connectivity index (χ3n) is 4.21. The first-order chi connectivity index (χ1) is 12.5. The number of unbranched alkanes of at least 4 members (excludes halogenated alkanes) is 1. The summed E-state index contributed by atoms with van der Waals surface area (Å²) in [6, 6.07) is 17.4. The Morgan fingerprint density at radius 2 is 1.69 bits per heavy atom. The molecule has 0 amide bonds. The number of aryl methyl sites for hydroxylation is 2. The van der Waals surface area contributed by atoms with Crippen LogP contribution in [0.2, 0.25) is 0 Å². The summed E-state index contributed by atoms with van der Waals surface area (Å²) in [4.78, 5) is 21.9. The van der Waals surface area contributed by atoms with Crippen molar-refractivity contribution in [3.05, 3.63) is 71.3 Å². The Labute approximate surface area is 155 Å². The average molecular weight is 374 g/mol. The fraction of sp³-hybridized carbons (Fsp3) is 0.381. The number of carbonyl (C=O) groups is 1. The third-order valence-corrected chi connectivity index (χ3v) is 5.68. The Morgan fingerprint density at radius 3 is 2.38 bits per heavy atom. The molecule has 140 valence electrons. The standard InChI is InChI=1S/C21H27O4P/c1-18-12-14-20(15-13-18)21(22)11-5-6-16-25-26(23,24)17-7-10-19-8-3-2-4-9-19/h2-4,8-9,12-15H,5-7,10-11,16-17H2,1H3,(H,23,24). The Balaban J connectivity index is 1.59. The molecule has 0 aliphatic rings. The highest BCUT2D eigenvalue weighted by atomic mass is 31.2. The third kappa shape index (κ3) is 7.65. The molecule has 0 aromatic heterocycles. The maximum absolute atomic E-state index is 12.0. The lowest BCUT2D eigenvalue weighted by Gasteiger charge is -2.12. The quantitative estimate of drug-likeness (QED) is 0.334. The van der Waals surface area contributed by atoms with Crippen molar-refractivity contribution in [3.63, 3.8) is 0 Å². The molecule has 4 nitrogen and oxygen atoms in total. The molecule has 0 saturated carbocycles. The molecule has 2 rings (SSSR count). The van der Waals surface area contributed by atoms with Gasteiger partial charge in [0, 0.05) is 12.0 Å². The van der Waals surface area contributed by atoms with E-state index in [-0.39, 0.29) is 18.6 Å². The Hall–Kier alpha value is -1.74. The minimum absolute atomic E-state index is 0.0973. The zero-order chi connectivity index (χ0) is 18.8. The molecule has 0 fully saturated rings. The normalized spacial score (nSPS) is 13.3. The van der Waals surface area contributed by atoms with Gasteiger partial charge in [0.2, 0.25) is 0 Å². The predicted molar refractivity (Wildman–Crippen MR) is 105 cm³/mol. The van der Waals surface area contributed by atoms with Crippen LogP contribution in [0, 0.1) is 6.92 Å². The summed E-state index contributed by atoms with van der Waals surface area (Å²) in [6.45, 7) is 2.19. The molecule has 2 aromatic carbocycles. The van der Waals surface area contributed by atoms with E-state index >= 15 is 0 Å². The van der Waals surface area contributed by atoms with E-state index < -0.39 is 7.60 Å². The van der Waals surface area contributed by atoms with Gasteiger partial charge < -0.3 is 9.42 Å². The van der Waals surface area contributed by atoms with Crippen LogP contribution in [0.25, 0.3) is 0 Å². The van der Waals surface area contributed by atoms with Gasteiger partial charge in [-0.25, -0.2) is 0 Å². The number of hydrogen-bond acceptors (Lipinski definition) is 3. The minimum Gasteiger partial charge on any atom is -0.324 e. The van der Waals surface area contributed by atoms with E-state index in [1.807, 2.05) is 61.5 Å². The molecule has 1 atom stereocenters. The summed E-state index contributed by atoms with van der Waals surface area (Å²) >= 11 is 0. The molecule has 0 bridgehead atoms. The fourth-order valence-corrected chi connectivity index (χ4v) is 3.77. The van der Waals surface area contributed by atoms with Gasteiger partial charge in [-0.3, -0.25) is 9.36 Å². The Bertz CT molecular complexity index is 725. The average Bonchev–Trinajstić information content (AvgIpc) is 2.62. The van der Waals surface area contributed by atoms with E-state index in [4.69, 9.17) is 4.52 Å². The summed E-state index contributed by atoms with van der Waals surface area (Å²) in [7, 11) is -3.54. The molecule has 1 N–H and O–H groups in total. The van der Waals surface area contributed by atoms with Crippen LogP contribution in [-0.4, -0.2) is 23.4 Å². The first-order valence-corrected chi connectivity index (χ1v) is 10.8. The molecular weight excluding hydrogens is 347 g/mol. The van der Waals surface area contributed by atoms with Crippen LogP contribution < -0.4 is 0 Å². The number of hydrogen-bond donors (Lipinski definition) is 1. The Kier molecular flexibility index (Phi) is 8.24. The summed E-state index contributed by atoms with van der Waals surface area (Å²) in [5.74, 6) is 0.0973. The molecule has 0 aliphatic carbocycles. The summed E-state index contributed by atoms with van der Waals surface area (Å²) in [5, 5.41) is 0. The van der Waals surface area contributed by atoms with Crippen LogP contribution in [0.4, 0.5) is 0 Å². The maximum Gasteiger partial charge on any atom is 0.328 e. The van der Waals surface area contributed by atoms with Gasteiger partial charge in [0.05, 0.1) is 12.8 Å². The van der Waals surface area contributed by atoms with Crippen LogP contribution in [0.1, 0.15) is 47.2 Å². The van der Waals surface area contributed by atoms with Gasteiger partial charge >= 0.3 is 7.60 Å². The minimum atomic E-state index is -3.54. The first kappa shape index (κ1) is 20.6. The number of benzene rings is 2. The fourth-order valence-electron chi connectivity index (χ4n) is 2.67. The van der Waals surface area contributed by atoms with Crippen LogP contribution in [-0.2, 0) is 15.5 Å². The SMILES string of the molecule is Cc1ccc(C(=O)CCCCOP(=O)(O)CCCc2ccccc2)cc1. The van der Waals surface area contributed by atoms with Crippen LogP contribution in [0.15, 0.2) is 54.6 Å². The van der Waals surface area contributed by atoms with E-state index in [1.165, 1.54) is 0 Å². The van der Waals surface area contributed by atoms with Crippen LogP contribution in [0.3, 0.4) is 0 Å². The van der Waals surface area contributed by atoms with Gasteiger partial charge in [0.25, 0.3) is 0 Å². The summed E-state index contributed by atoms with van der Waals surface area (Å²) in [6.07, 6.45) is 3.21. The van der Waals surface area contributed by atoms with Crippen molar-refractivity contribution in [3.8, 4) is 0 Å². The first-order valence-electron chi connectivity index (χ1n) is 9.06. The van der Waals surface area contributed by atoms with Crippen molar-refractivity contribution in [1.29, 1.82) is 0 Å². The van der Waals surface area contributed by atoms with Crippen molar-refractivity contribution in [1.82, 2.24) is 0 Å².